The molecule has 106 valence electrons. The Morgan fingerprint density at radius 1 is 1.05 bits per heavy atom. The predicted molar refractivity (Wildman–Crippen MR) is 81.6 cm³/mol. The summed E-state index contributed by atoms with van der Waals surface area (Å²) in [5, 5.41) is 5.39. The van der Waals surface area contributed by atoms with Gasteiger partial charge in [-0.3, -0.25) is 0 Å². The van der Waals surface area contributed by atoms with Crippen LogP contribution in [0.5, 0.6) is 0 Å². The fraction of sp³-hybridized carbons (Fsp3) is 0.375. The maximum absolute atomic E-state index is 12.3. The highest BCUT2D eigenvalue weighted by Gasteiger charge is 2.20. The molecule has 20 heavy (non-hydrogen) atoms. The van der Waals surface area contributed by atoms with E-state index in [1.165, 1.54) is 12.8 Å². The summed E-state index contributed by atoms with van der Waals surface area (Å²) < 4.78 is 24.6. The van der Waals surface area contributed by atoms with E-state index in [2.05, 4.69) is 5.32 Å². The number of hydrogen-bond acceptors (Lipinski definition) is 3. The summed E-state index contributed by atoms with van der Waals surface area (Å²) in [4.78, 5) is 0.433. The minimum Gasteiger partial charge on any atom is -0.314 e. The molecular formula is C16H19NO2S. The maximum Gasteiger partial charge on any atom is 0.178 e. The van der Waals surface area contributed by atoms with Gasteiger partial charge in [0.1, 0.15) is 0 Å². The van der Waals surface area contributed by atoms with E-state index in [9.17, 15) is 8.42 Å². The third-order valence-electron chi connectivity index (χ3n) is 3.68. The van der Waals surface area contributed by atoms with Gasteiger partial charge in [0.25, 0.3) is 0 Å². The lowest BCUT2D eigenvalue weighted by atomic mass is 10.1. The van der Waals surface area contributed by atoms with Gasteiger partial charge in [-0.1, -0.05) is 30.3 Å². The molecule has 3 rings (SSSR count). The molecule has 1 N–H and O–H groups in total. The van der Waals surface area contributed by atoms with Gasteiger partial charge >= 0.3 is 0 Å². The molecule has 1 saturated carbocycles. The highest BCUT2D eigenvalue weighted by molar-refractivity contribution is 7.91. The van der Waals surface area contributed by atoms with Crippen molar-refractivity contribution in [2.24, 2.45) is 0 Å². The number of hydrogen-bond donors (Lipinski definition) is 1. The predicted octanol–water partition coefficient (Wildman–Crippen LogP) is 2.76. The molecule has 1 aliphatic carbocycles. The maximum atomic E-state index is 12.3. The highest BCUT2D eigenvalue weighted by atomic mass is 32.2. The SMILES string of the molecule is O=S(=O)(CCCNC1CC1)c1ccc2ccccc2c1. The first-order valence-corrected chi connectivity index (χ1v) is 8.75. The second kappa shape index (κ2) is 5.54. The van der Waals surface area contributed by atoms with Gasteiger partial charge in [0.05, 0.1) is 10.6 Å². The van der Waals surface area contributed by atoms with Gasteiger partial charge in [-0.25, -0.2) is 8.42 Å². The van der Waals surface area contributed by atoms with Crippen molar-refractivity contribution >= 4 is 20.6 Å². The molecule has 0 radical (unpaired) electrons. The van der Waals surface area contributed by atoms with Gasteiger partial charge in [0.2, 0.25) is 0 Å². The Hall–Kier alpha value is -1.39. The second-order valence-electron chi connectivity index (χ2n) is 5.41. The van der Waals surface area contributed by atoms with E-state index in [1.807, 2.05) is 30.3 Å². The Kier molecular flexibility index (Phi) is 3.76. The Labute approximate surface area is 119 Å². The summed E-state index contributed by atoms with van der Waals surface area (Å²) in [5.41, 5.74) is 0. The van der Waals surface area contributed by atoms with E-state index in [1.54, 1.807) is 12.1 Å². The lowest BCUT2D eigenvalue weighted by Crippen LogP contribution is -2.20. The minimum atomic E-state index is -3.17. The largest absolute Gasteiger partial charge is 0.314 e. The van der Waals surface area contributed by atoms with Crippen LogP contribution in [0.1, 0.15) is 19.3 Å². The van der Waals surface area contributed by atoms with Crippen LogP contribution in [-0.4, -0.2) is 26.8 Å². The van der Waals surface area contributed by atoms with E-state index in [4.69, 9.17) is 0 Å². The van der Waals surface area contributed by atoms with E-state index in [0.29, 0.717) is 17.4 Å². The Bertz CT molecular complexity index is 705. The molecule has 0 amide bonds. The monoisotopic (exact) mass is 289 g/mol. The summed E-state index contributed by atoms with van der Waals surface area (Å²) in [5.74, 6) is 0.213. The third-order valence-corrected chi connectivity index (χ3v) is 5.48. The lowest BCUT2D eigenvalue weighted by Gasteiger charge is -2.06. The summed E-state index contributed by atoms with van der Waals surface area (Å²) in [7, 11) is -3.17. The molecular weight excluding hydrogens is 270 g/mol. The Balaban J connectivity index is 1.70. The number of nitrogens with one attached hydrogen (secondary N) is 1. The van der Waals surface area contributed by atoms with Crippen molar-refractivity contribution in [1.82, 2.24) is 5.32 Å². The lowest BCUT2D eigenvalue weighted by molar-refractivity contribution is 0.588. The van der Waals surface area contributed by atoms with Crippen LogP contribution >= 0.6 is 0 Å². The molecule has 3 nitrogen and oxygen atoms in total. The fourth-order valence-electron chi connectivity index (χ4n) is 2.33. The number of benzene rings is 2. The van der Waals surface area contributed by atoms with Gasteiger partial charge in [0, 0.05) is 6.04 Å². The minimum absolute atomic E-state index is 0.213. The van der Waals surface area contributed by atoms with Crippen molar-refractivity contribution in [3.8, 4) is 0 Å². The zero-order valence-corrected chi connectivity index (χ0v) is 12.2. The van der Waals surface area contributed by atoms with Crippen molar-refractivity contribution in [3.05, 3.63) is 42.5 Å². The van der Waals surface area contributed by atoms with Gasteiger partial charge in [-0.15, -0.1) is 0 Å². The van der Waals surface area contributed by atoms with Gasteiger partial charge in [-0.05, 0) is 48.7 Å². The first-order valence-electron chi connectivity index (χ1n) is 7.10. The van der Waals surface area contributed by atoms with Crippen LogP contribution in [0.15, 0.2) is 47.4 Å². The van der Waals surface area contributed by atoms with Crippen molar-refractivity contribution in [2.75, 3.05) is 12.3 Å². The zero-order valence-electron chi connectivity index (χ0n) is 11.4. The Morgan fingerprint density at radius 2 is 1.80 bits per heavy atom. The molecule has 0 unspecified atom stereocenters. The molecule has 1 fully saturated rings. The smallest absolute Gasteiger partial charge is 0.178 e. The van der Waals surface area contributed by atoms with Crippen molar-refractivity contribution in [3.63, 3.8) is 0 Å². The van der Waals surface area contributed by atoms with E-state index >= 15 is 0 Å². The summed E-state index contributed by atoms with van der Waals surface area (Å²) in [6.45, 7) is 0.789. The van der Waals surface area contributed by atoms with Gasteiger partial charge in [0.15, 0.2) is 9.84 Å². The topological polar surface area (TPSA) is 46.2 Å². The van der Waals surface area contributed by atoms with Crippen LogP contribution in [0.25, 0.3) is 10.8 Å². The summed E-state index contributed by atoms with van der Waals surface area (Å²) >= 11 is 0. The van der Waals surface area contributed by atoms with Crippen LogP contribution in [-0.2, 0) is 9.84 Å². The molecule has 0 atom stereocenters. The fourth-order valence-corrected chi connectivity index (χ4v) is 3.68. The molecule has 0 aromatic heterocycles. The average Bonchev–Trinajstić information content (AvgIpc) is 3.27. The molecule has 0 aliphatic heterocycles. The standard InChI is InChI=1S/C16H19NO2S/c18-20(19,11-3-10-17-15-7-8-15)16-9-6-13-4-1-2-5-14(13)12-16/h1-2,4-6,9,12,15,17H,3,7-8,10-11H2. The van der Waals surface area contributed by atoms with E-state index in [0.717, 1.165) is 17.3 Å². The van der Waals surface area contributed by atoms with Crippen LogP contribution in [0, 0.1) is 0 Å². The van der Waals surface area contributed by atoms with Crippen LogP contribution in [0.2, 0.25) is 0 Å². The van der Waals surface area contributed by atoms with Gasteiger partial charge < -0.3 is 5.32 Å². The van der Waals surface area contributed by atoms with Gasteiger partial charge in [-0.2, -0.15) is 0 Å². The van der Waals surface area contributed by atoms with Crippen LogP contribution in [0.3, 0.4) is 0 Å². The first kappa shape index (κ1) is 13.6. The quantitative estimate of drug-likeness (QED) is 0.832. The summed E-state index contributed by atoms with van der Waals surface area (Å²) in [6, 6.07) is 13.8. The molecule has 0 saturated heterocycles. The summed E-state index contributed by atoms with van der Waals surface area (Å²) in [6.07, 6.45) is 3.14. The second-order valence-corrected chi connectivity index (χ2v) is 7.52. The molecule has 4 heteroatoms. The number of sulfone groups is 1. The molecule has 0 bridgehead atoms. The molecule has 1 aliphatic rings. The average molecular weight is 289 g/mol. The zero-order chi connectivity index (χ0) is 14.0. The number of fused-ring (bicyclic) bond motifs is 1. The van der Waals surface area contributed by atoms with Crippen molar-refractivity contribution < 1.29 is 8.42 Å². The van der Waals surface area contributed by atoms with Crippen LogP contribution < -0.4 is 5.32 Å². The molecule has 2 aromatic rings. The highest BCUT2D eigenvalue weighted by Crippen LogP contribution is 2.21. The Morgan fingerprint density at radius 3 is 2.55 bits per heavy atom. The molecule has 0 heterocycles. The first-order chi connectivity index (χ1) is 9.65. The molecule has 2 aromatic carbocycles. The normalized spacial score (nSPS) is 15.6. The third kappa shape index (κ3) is 3.19. The molecule has 0 spiro atoms. The van der Waals surface area contributed by atoms with Crippen LogP contribution in [0.4, 0.5) is 0 Å². The number of rotatable bonds is 6. The van der Waals surface area contributed by atoms with Crippen molar-refractivity contribution in [2.45, 2.75) is 30.2 Å². The van der Waals surface area contributed by atoms with E-state index < -0.39 is 9.84 Å². The van der Waals surface area contributed by atoms with E-state index in [-0.39, 0.29) is 5.75 Å². The van der Waals surface area contributed by atoms with Crippen molar-refractivity contribution in [1.29, 1.82) is 0 Å².